The van der Waals surface area contributed by atoms with Crippen LogP contribution in [0.1, 0.15) is 46.5 Å². The molecular weight excluding hydrogens is 228 g/mol. The van der Waals surface area contributed by atoms with E-state index in [1.54, 1.807) is 0 Å². The smallest absolute Gasteiger partial charge is 0.237 e. The summed E-state index contributed by atoms with van der Waals surface area (Å²) in [7, 11) is 0. The zero-order chi connectivity index (χ0) is 13.4. The summed E-state index contributed by atoms with van der Waals surface area (Å²) < 4.78 is 5.45. The van der Waals surface area contributed by atoms with Gasteiger partial charge in [0.25, 0.3) is 0 Å². The van der Waals surface area contributed by atoms with E-state index in [0.29, 0.717) is 12.0 Å². The molecule has 0 spiro atoms. The molecule has 1 amide bonds. The Balaban J connectivity index is 2.02. The number of hydrogen-bond acceptors (Lipinski definition) is 3. The fraction of sp³-hybridized carbons (Fsp3) is 0.929. The molecule has 4 nitrogen and oxygen atoms in total. The first-order valence-corrected chi connectivity index (χ1v) is 7.22. The van der Waals surface area contributed by atoms with E-state index in [1.807, 2.05) is 13.8 Å². The Morgan fingerprint density at radius 3 is 2.89 bits per heavy atom. The highest BCUT2D eigenvalue weighted by Gasteiger charge is 2.23. The van der Waals surface area contributed by atoms with Crippen LogP contribution < -0.4 is 10.6 Å². The Hall–Kier alpha value is -0.610. The van der Waals surface area contributed by atoms with Gasteiger partial charge in [-0.25, -0.2) is 0 Å². The van der Waals surface area contributed by atoms with Crippen LogP contribution in [0.2, 0.25) is 0 Å². The van der Waals surface area contributed by atoms with E-state index in [1.165, 1.54) is 6.42 Å². The van der Waals surface area contributed by atoms with Gasteiger partial charge in [-0.2, -0.15) is 0 Å². The van der Waals surface area contributed by atoms with Crippen molar-refractivity contribution in [2.45, 2.75) is 58.6 Å². The molecule has 0 radical (unpaired) electrons. The first-order chi connectivity index (χ1) is 8.59. The molecule has 2 N–H and O–H groups in total. The average molecular weight is 256 g/mol. The number of nitrogens with one attached hydrogen (secondary N) is 2. The lowest BCUT2D eigenvalue weighted by Gasteiger charge is -2.27. The molecule has 1 aliphatic rings. The van der Waals surface area contributed by atoms with Crippen LogP contribution >= 0.6 is 0 Å². The standard InChI is InChI=1S/C14H28N2O2/c1-11(2)18-9-5-4-7-16-14(17)13-10-12(3)6-8-15-13/h11-13,15H,4-10H2,1-3H3,(H,16,17). The highest BCUT2D eigenvalue weighted by Crippen LogP contribution is 2.14. The van der Waals surface area contributed by atoms with Crippen LogP contribution in [0.5, 0.6) is 0 Å². The molecule has 1 aliphatic heterocycles. The first kappa shape index (κ1) is 15.4. The van der Waals surface area contributed by atoms with E-state index in [-0.39, 0.29) is 11.9 Å². The second kappa shape index (κ2) is 8.48. The molecule has 18 heavy (non-hydrogen) atoms. The van der Waals surface area contributed by atoms with Crippen LogP contribution in [0.25, 0.3) is 0 Å². The molecule has 0 aromatic carbocycles. The summed E-state index contributed by atoms with van der Waals surface area (Å²) in [6.07, 6.45) is 4.43. The lowest BCUT2D eigenvalue weighted by atomic mass is 9.94. The van der Waals surface area contributed by atoms with Crippen molar-refractivity contribution in [3.8, 4) is 0 Å². The Kier molecular flexibility index (Phi) is 7.28. The summed E-state index contributed by atoms with van der Waals surface area (Å²) >= 11 is 0. The third-order valence-electron chi connectivity index (χ3n) is 3.30. The number of unbranched alkanes of at least 4 members (excludes halogenated alkanes) is 1. The summed E-state index contributed by atoms with van der Waals surface area (Å²) in [5.41, 5.74) is 0. The van der Waals surface area contributed by atoms with E-state index in [9.17, 15) is 4.79 Å². The van der Waals surface area contributed by atoms with Crippen molar-refractivity contribution in [1.29, 1.82) is 0 Å². The normalized spacial score (nSPS) is 24.2. The highest BCUT2D eigenvalue weighted by atomic mass is 16.5. The van der Waals surface area contributed by atoms with E-state index in [4.69, 9.17) is 4.74 Å². The predicted octanol–water partition coefficient (Wildman–Crippen LogP) is 1.70. The average Bonchev–Trinajstić information content (AvgIpc) is 2.33. The van der Waals surface area contributed by atoms with E-state index in [0.717, 1.165) is 39.0 Å². The van der Waals surface area contributed by atoms with E-state index < -0.39 is 0 Å². The van der Waals surface area contributed by atoms with Crippen LogP contribution in [0.15, 0.2) is 0 Å². The topological polar surface area (TPSA) is 50.4 Å². The second-order valence-electron chi connectivity index (χ2n) is 5.55. The molecule has 1 heterocycles. The number of piperidine rings is 1. The fourth-order valence-corrected chi connectivity index (χ4v) is 2.19. The second-order valence-corrected chi connectivity index (χ2v) is 5.55. The lowest BCUT2D eigenvalue weighted by Crippen LogP contribution is -2.48. The molecule has 0 aromatic rings. The molecule has 1 rings (SSSR count). The monoisotopic (exact) mass is 256 g/mol. The van der Waals surface area contributed by atoms with Crippen molar-refractivity contribution in [2.75, 3.05) is 19.7 Å². The molecule has 0 aromatic heterocycles. The van der Waals surface area contributed by atoms with E-state index in [2.05, 4.69) is 17.6 Å². The number of carbonyl (C=O) groups is 1. The summed E-state index contributed by atoms with van der Waals surface area (Å²) in [5.74, 6) is 0.813. The lowest BCUT2D eigenvalue weighted by molar-refractivity contribution is -0.124. The third kappa shape index (κ3) is 6.36. The summed E-state index contributed by atoms with van der Waals surface area (Å²) in [6.45, 7) is 8.79. The summed E-state index contributed by atoms with van der Waals surface area (Å²) in [4.78, 5) is 11.9. The van der Waals surface area contributed by atoms with Crippen molar-refractivity contribution in [2.24, 2.45) is 5.92 Å². The molecule has 2 atom stereocenters. The van der Waals surface area contributed by atoms with Gasteiger partial charge in [0.05, 0.1) is 12.1 Å². The zero-order valence-corrected chi connectivity index (χ0v) is 12.0. The van der Waals surface area contributed by atoms with Gasteiger partial charge in [-0.05, 0) is 52.0 Å². The quantitative estimate of drug-likeness (QED) is 0.682. The molecule has 106 valence electrons. The van der Waals surface area contributed by atoms with E-state index >= 15 is 0 Å². The van der Waals surface area contributed by atoms with Gasteiger partial charge in [0, 0.05) is 13.2 Å². The molecule has 2 unspecified atom stereocenters. The maximum Gasteiger partial charge on any atom is 0.237 e. The van der Waals surface area contributed by atoms with Crippen molar-refractivity contribution in [3.63, 3.8) is 0 Å². The molecule has 0 saturated carbocycles. The summed E-state index contributed by atoms with van der Waals surface area (Å²) in [6, 6.07) is 0.0145. The molecule has 1 fully saturated rings. The molecule has 4 heteroatoms. The molecule has 1 saturated heterocycles. The van der Waals surface area contributed by atoms with Gasteiger partial charge in [-0.1, -0.05) is 6.92 Å². The minimum absolute atomic E-state index is 0.0145. The number of hydrogen-bond donors (Lipinski definition) is 2. The van der Waals surface area contributed by atoms with Crippen LogP contribution in [0.3, 0.4) is 0 Å². The van der Waals surface area contributed by atoms with Gasteiger partial charge in [0.1, 0.15) is 0 Å². The number of ether oxygens (including phenoxy) is 1. The maximum absolute atomic E-state index is 11.9. The Labute approximate surface area is 111 Å². The molecule has 0 aliphatic carbocycles. The third-order valence-corrected chi connectivity index (χ3v) is 3.30. The Bertz CT molecular complexity index is 244. The van der Waals surface area contributed by atoms with Gasteiger partial charge in [0.2, 0.25) is 5.91 Å². The van der Waals surface area contributed by atoms with Crippen molar-refractivity contribution in [1.82, 2.24) is 10.6 Å². The van der Waals surface area contributed by atoms with Gasteiger partial charge < -0.3 is 15.4 Å². The summed E-state index contributed by atoms with van der Waals surface area (Å²) in [5, 5.41) is 6.28. The van der Waals surface area contributed by atoms with Gasteiger partial charge in [-0.15, -0.1) is 0 Å². The van der Waals surface area contributed by atoms with Crippen LogP contribution in [0, 0.1) is 5.92 Å². The largest absolute Gasteiger partial charge is 0.379 e. The minimum Gasteiger partial charge on any atom is -0.379 e. The molecular formula is C14H28N2O2. The maximum atomic E-state index is 11.9. The van der Waals surface area contributed by atoms with Crippen LogP contribution in [-0.4, -0.2) is 37.7 Å². The number of carbonyl (C=O) groups excluding carboxylic acids is 1. The van der Waals surface area contributed by atoms with Crippen molar-refractivity contribution in [3.05, 3.63) is 0 Å². The number of amides is 1. The predicted molar refractivity (Wildman–Crippen MR) is 73.5 cm³/mol. The SMILES string of the molecule is CC1CCNC(C(=O)NCCCCOC(C)C)C1. The van der Waals surface area contributed by atoms with Gasteiger partial charge >= 0.3 is 0 Å². The zero-order valence-electron chi connectivity index (χ0n) is 12.0. The number of rotatable bonds is 7. The Morgan fingerprint density at radius 2 is 2.22 bits per heavy atom. The van der Waals surface area contributed by atoms with Crippen LogP contribution in [-0.2, 0) is 9.53 Å². The first-order valence-electron chi connectivity index (χ1n) is 7.22. The van der Waals surface area contributed by atoms with Crippen LogP contribution in [0.4, 0.5) is 0 Å². The van der Waals surface area contributed by atoms with Crippen molar-refractivity contribution >= 4 is 5.91 Å². The fourth-order valence-electron chi connectivity index (χ4n) is 2.19. The highest BCUT2D eigenvalue weighted by molar-refractivity contribution is 5.81. The van der Waals surface area contributed by atoms with Gasteiger partial charge in [0.15, 0.2) is 0 Å². The van der Waals surface area contributed by atoms with Crippen molar-refractivity contribution < 1.29 is 9.53 Å². The molecule has 0 bridgehead atoms. The van der Waals surface area contributed by atoms with Gasteiger partial charge in [-0.3, -0.25) is 4.79 Å². The minimum atomic E-state index is 0.0145. The Morgan fingerprint density at radius 1 is 1.44 bits per heavy atom.